The van der Waals surface area contributed by atoms with Crippen LogP contribution in [0.15, 0.2) is 54.6 Å². The lowest BCUT2D eigenvalue weighted by atomic mass is 9.89. The first kappa shape index (κ1) is 18.5. The smallest absolute Gasteiger partial charge is 0.223 e. The topological polar surface area (TPSA) is 43.8 Å². The number of phenols is 1. The van der Waals surface area contributed by atoms with Crippen LogP contribution in [0, 0.1) is 0 Å². The molecule has 1 aliphatic heterocycles. The molecular weight excluding hydrogens is 324 g/mol. The van der Waals surface area contributed by atoms with Crippen molar-refractivity contribution in [1.82, 2.24) is 9.80 Å². The summed E-state index contributed by atoms with van der Waals surface area (Å²) >= 11 is 0. The number of phenolic OH excluding ortho intramolecular Hbond substituents is 1. The zero-order valence-electron chi connectivity index (χ0n) is 15.5. The van der Waals surface area contributed by atoms with Crippen molar-refractivity contribution < 1.29 is 9.90 Å². The number of hydrogen-bond donors (Lipinski definition) is 1. The van der Waals surface area contributed by atoms with Crippen molar-refractivity contribution in [2.75, 3.05) is 26.7 Å². The molecule has 26 heavy (non-hydrogen) atoms. The van der Waals surface area contributed by atoms with Gasteiger partial charge in [-0.25, -0.2) is 0 Å². The predicted octanol–water partition coefficient (Wildman–Crippen LogP) is 3.62. The molecule has 2 aromatic rings. The summed E-state index contributed by atoms with van der Waals surface area (Å²) in [4.78, 5) is 16.6. The molecule has 1 saturated heterocycles. The Balaban J connectivity index is 1.41. The van der Waals surface area contributed by atoms with Crippen LogP contribution in [0.4, 0.5) is 0 Å². The Morgan fingerprint density at radius 1 is 1.12 bits per heavy atom. The molecule has 2 aromatic carbocycles. The minimum absolute atomic E-state index is 0.198. The summed E-state index contributed by atoms with van der Waals surface area (Å²) in [7, 11) is 1.88. The highest BCUT2D eigenvalue weighted by molar-refractivity contribution is 5.76. The molecule has 0 unspecified atom stereocenters. The van der Waals surface area contributed by atoms with Crippen molar-refractivity contribution >= 4 is 5.91 Å². The third-order valence-electron chi connectivity index (χ3n) is 5.26. The van der Waals surface area contributed by atoms with Crippen molar-refractivity contribution in [1.29, 1.82) is 0 Å². The van der Waals surface area contributed by atoms with Gasteiger partial charge in [-0.3, -0.25) is 4.79 Å². The molecule has 0 atom stereocenters. The molecule has 0 spiro atoms. The van der Waals surface area contributed by atoms with Gasteiger partial charge < -0.3 is 14.9 Å². The second-order valence-electron chi connectivity index (χ2n) is 7.20. The summed E-state index contributed by atoms with van der Waals surface area (Å²) in [5.41, 5.74) is 2.39. The number of nitrogens with zero attached hydrogens (tertiary/aromatic N) is 2. The van der Waals surface area contributed by atoms with Gasteiger partial charge in [0.15, 0.2) is 0 Å². The zero-order chi connectivity index (χ0) is 18.4. The molecule has 138 valence electrons. The SMILES string of the molecule is CN(Cc1ccccc1)C(=O)CCN1CCC(c2cccc(O)c2)CC1. The third kappa shape index (κ3) is 5.09. The van der Waals surface area contributed by atoms with Crippen LogP contribution in [0.3, 0.4) is 0 Å². The highest BCUT2D eigenvalue weighted by Gasteiger charge is 2.21. The fraction of sp³-hybridized carbons (Fsp3) is 0.409. The van der Waals surface area contributed by atoms with E-state index in [1.165, 1.54) is 5.56 Å². The number of aromatic hydroxyl groups is 1. The van der Waals surface area contributed by atoms with Crippen LogP contribution >= 0.6 is 0 Å². The number of rotatable bonds is 6. The van der Waals surface area contributed by atoms with Gasteiger partial charge in [0.25, 0.3) is 0 Å². The fourth-order valence-corrected chi connectivity index (χ4v) is 3.66. The largest absolute Gasteiger partial charge is 0.508 e. The van der Waals surface area contributed by atoms with Crippen LogP contribution in [0.1, 0.15) is 36.3 Å². The average molecular weight is 352 g/mol. The molecule has 0 radical (unpaired) electrons. The summed E-state index contributed by atoms with van der Waals surface area (Å²) in [6.45, 7) is 3.51. The van der Waals surface area contributed by atoms with Gasteiger partial charge in [-0.15, -0.1) is 0 Å². The Hall–Kier alpha value is -2.33. The highest BCUT2D eigenvalue weighted by atomic mass is 16.3. The molecule has 4 heteroatoms. The highest BCUT2D eigenvalue weighted by Crippen LogP contribution is 2.29. The molecule has 1 fully saturated rings. The number of benzene rings is 2. The first-order chi connectivity index (χ1) is 12.6. The van der Waals surface area contributed by atoms with Crippen molar-refractivity contribution in [2.45, 2.75) is 31.7 Å². The summed E-state index contributed by atoms with van der Waals surface area (Å²) < 4.78 is 0. The lowest BCUT2D eigenvalue weighted by molar-refractivity contribution is -0.130. The summed E-state index contributed by atoms with van der Waals surface area (Å²) in [5.74, 6) is 1.05. The number of hydrogen-bond acceptors (Lipinski definition) is 3. The van der Waals surface area contributed by atoms with Crippen LogP contribution in [0.2, 0.25) is 0 Å². The van der Waals surface area contributed by atoms with Crippen LogP contribution in [0.5, 0.6) is 5.75 Å². The second-order valence-corrected chi connectivity index (χ2v) is 7.20. The Labute approximate surface area is 156 Å². The van der Waals surface area contributed by atoms with Gasteiger partial charge in [0.1, 0.15) is 5.75 Å². The van der Waals surface area contributed by atoms with Crippen molar-refractivity contribution in [3.05, 3.63) is 65.7 Å². The fourth-order valence-electron chi connectivity index (χ4n) is 3.66. The van der Waals surface area contributed by atoms with E-state index in [1.807, 2.05) is 42.3 Å². The third-order valence-corrected chi connectivity index (χ3v) is 5.26. The van der Waals surface area contributed by atoms with E-state index in [9.17, 15) is 9.90 Å². The van der Waals surface area contributed by atoms with Crippen LogP contribution < -0.4 is 0 Å². The number of carbonyl (C=O) groups is 1. The van der Waals surface area contributed by atoms with Gasteiger partial charge in [0.2, 0.25) is 5.91 Å². The summed E-state index contributed by atoms with van der Waals surface area (Å²) in [5, 5.41) is 9.65. The molecule has 0 saturated carbocycles. The maximum atomic E-state index is 12.4. The first-order valence-electron chi connectivity index (χ1n) is 9.41. The van der Waals surface area contributed by atoms with E-state index < -0.39 is 0 Å². The predicted molar refractivity (Wildman–Crippen MR) is 104 cm³/mol. The van der Waals surface area contributed by atoms with Gasteiger partial charge in [0.05, 0.1) is 0 Å². The van der Waals surface area contributed by atoms with Crippen molar-refractivity contribution in [3.63, 3.8) is 0 Å². The van der Waals surface area contributed by atoms with Gasteiger partial charge in [0, 0.05) is 26.6 Å². The van der Waals surface area contributed by atoms with E-state index in [1.54, 1.807) is 6.07 Å². The summed E-state index contributed by atoms with van der Waals surface area (Å²) in [6, 6.07) is 17.7. The molecule has 1 aliphatic rings. The van der Waals surface area contributed by atoms with E-state index >= 15 is 0 Å². The molecule has 0 bridgehead atoms. The van der Waals surface area contributed by atoms with Crippen molar-refractivity contribution in [2.24, 2.45) is 0 Å². The van der Waals surface area contributed by atoms with Crippen LogP contribution in [0.25, 0.3) is 0 Å². The van der Waals surface area contributed by atoms with Gasteiger partial charge >= 0.3 is 0 Å². The molecule has 0 aliphatic carbocycles. The second kappa shape index (κ2) is 8.86. The molecule has 4 nitrogen and oxygen atoms in total. The van der Waals surface area contributed by atoms with E-state index in [-0.39, 0.29) is 5.91 Å². The van der Waals surface area contributed by atoms with E-state index in [4.69, 9.17) is 0 Å². The number of likely N-dealkylation sites (tertiary alicyclic amines) is 1. The molecule has 3 rings (SSSR count). The van der Waals surface area contributed by atoms with Gasteiger partial charge in [-0.05, 0) is 55.1 Å². The lowest BCUT2D eigenvalue weighted by Crippen LogP contribution is -2.36. The van der Waals surface area contributed by atoms with Gasteiger partial charge in [-0.2, -0.15) is 0 Å². The van der Waals surface area contributed by atoms with Crippen LogP contribution in [-0.4, -0.2) is 47.5 Å². The van der Waals surface area contributed by atoms with E-state index in [0.29, 0.717) is 24.6 Å². The first-order valence-corrected chi connectivity index (χ1v) is 9.41. The minimum Gasteiger partial charge on any atom is -0.508 e. The Bertz CT molecular complexity index is 709. The normalized spacial score (nSPS) is 15.7. The Kier molecular flexibility index (Phi) is 6.29. The lowest BCUT2D eigenvalue weighted by Gasteiger charge is -2.32. The molecule has 1 heterocycles. The standard InChI is InChI=1S/C22H28N2O2/c1-23(17-18-6-3-2-4-7-18)22(26)12-15-24-13-10-19(11-14-24)20-8-5-9-21(25)16-20/h2-9,16,19,25H,10-15,17H2,1H3. The van der Waals surface area contributed by atoms with Crippen molar-refractivity contribution in [3.8, 4) is 5.75 Å². The van der Waals surface area contributed by atoms with E-state index in [0.717, 1.165) is 38.0 Å². The maximum Gasteiger partial charge on any atom is 0.223 e. The number of piperidine rings is 1. The number of amides is 1. The maximum absolute atomic E-state index is 12.4. The molecule has 0 aromatic heterocycles. The Morgan fingerprint density at radius 3 is 2.54 bits per heavy atom. The quantitative estimate of drug-likeness (QED) is 0.863. The number of carbonyl (C=O) groups excluding carboxylic acids is 1. The molecule has 1 N–H and O–H groups in total. The zero-order valence-corrected chi connectivity index (χ0v) is 15.5. The van der Waals surface area contributed by atoms with E-state index in [2.05, 4.69) is 23.1 Å². The minimum atomic E-state index is 0.198. The van der Waals surface area contributed by atoms with Gasteiger partial charge in [-0.1, -0.05) is 42.5 Å². The summed E-state index contributed by atoms with van der Waals surface area (Å²) in [6.07, 6.45) is 2.73. The molecular formula is C22H28N2O2. The monoisotopic (exact) mass is 352 g/mol. The average Bonchev–Trinajstić information content (AvgIpc) is 2.67. The molecule has 1 amide bonds. The Morgan fingerprint density at radius 2 is 1.85 bits per heavy atom. The van der Waals surface area contributed by atoms with Crippen LogP contribution in [-0.2, 0) is 11.3 Å².